The molecule has 0 fully saturated rings. The Morgan fingerprint density at radius 2 is 1.08 bits per heavy atom. The molecule has 4 N–H and O–H groups in total. The number of carbonyl (C=O) groups is 2. The maximum absolute atomic E-state index is 12.6. The van der Waals surface area contributed by atoms with E-state index >= 15 is 0 Å². The van der Waals surface area contributed by atoms with E-state index in [-0.39, 0.29) is 32.6 Å². The largest absolute Gasteiger partial charge is 0.472 e. The van der Waals surface area contributed by atoms with Crippen LogP contribution in [0.15, 0.2) is 72.9 Å². The fourth-order valence-corrected chi connectivity index (χ4v) is 7.33. The smallest absolute Gasteiger partial charge is 0.462 e. The highest BCUT2D eigenvalue weighted by atomic mass is 31.2. The summed E-state index contributed by atoms with van der Waals surface area (Å²) in [4.78, 5) is 35.0. The summed E-state index contributed by atoms with van der Waals surface area (Å²) in [5.74, 6) is -0.945. The fraction of sp³-hybridized carbons (Fsp3) is 0.725. The van der Waals surface area contributed by atoms with Gasteiger partial charge in [-0.05, 0) is 44.9 Å². The molecular weight excluding hydrogens is 802 g/mol. The Morgan fingerprint density at radius 3 is 1.60 bits per heavy atom. The quantitative estimate of drug-likeness (QED) is 0.0177. The number of rotatable bonds is 45. The lowest BCUT2D eigenvalue weighted by Gasteiger charge is -2.19. The molecule has 0 aliphatic carbocycles. The second kappa shape index (κ2) is 46.4. The van der Waals surface area contributed by atoms with E-state index in [9.17, 15) is 24.2 Å². The topological polar surface area (TPSA) is 155 Å². The molecule has 0 spiro atoms. The molecule has 11 heteroatoms. The fourth-order valence-electron chi connectivity index (χ4n) is 6.57. The van der Waals surface area contributed by atoms with Crippen LogP contribution in [0.4, 0.5) is 0 Å². The molecule has 62 heavy (non-hydrogen) atoms. The van der Waals surface area contributed by atoms with E-state index < -0.39 is 38.6 Å². The first kappa shape index (κ1) is 59.4. The van der Waals surface area contributed by atoms with Gasteiger partial charge in [-0.25, -0.2) is 4.57 Å². The van der Waals surface area contributed by atoms with Crippen molar-refractivity contribution in [3.63, 3.8) is 0 Å². The second-order valence-electron chi connectivity index (χ2n) is 16.2. The minimum Gasteiger partial charge on any atom is -0.462 e. The molecule has 0 aliphatic rings. The van der Waals surface area contributed by atoms with E-state index in [0.29, 0.717) is 19.3 Å². The SMILES string of the molecule is CC/C=C\CC(O)/C=C/C=C/C/C=C\C/C=C\C/C=C\CCC(=O)OC[C@H](COP(=O)(O)OCCN)OC(=O)CCCCCCCCCCCCCCCCCCCCCCC. The van der Waals surface area contributed by atoms with Crippen LogP contribution in [0.5, 0.6) is 0 Å². The van der Waals surface area contributed by atoms with E-state index in [1.807, 2.05) is 42.5 Å². The number of aliphatic hydroxyl groups excluding tert-OH is 1. The molecule has 0 amide bonds. The Hall–Kier alpha value is -2.59. The van der Waals surface area contributed by atoms with Gasteiger partial charge in [0.2, 0.25) is 0 Å². The Morgan fingerprint density at radius 1 is 0.581 bits per heavy atom. The van der Waals surface area contributed by atoms with Crippen LogP contribution in [0.1, 0.15) is 200 Å². The highest BCUT2D eigenvalue weighted by Crippen LogP contribution is 2.43. The maximum atomic E-state index is 12.6. The van der Waals surface area contributed by atoms with Crippen molar-refractivity contribution < 1.29 is 42.7 Å². The molecule has 10 nitrogen and oxygen atoms in total. The molecule has 0 aliphatic heterocycles. The molecule has 0 aromatic rings. The molecule has 0 aromatic heterocycles. The number of nitrogens with two attached hydrogens (primary N) is 1. The zero-order valence-corrected chi connectivity index (χ0v) is 40.1. The lowest BCUT2D eigenvalue weighted by atomic mass is 10.0. The molecule has 0 heterocycles. The lowest BCUT2D eigenvalue weighted by molar-refractivity contribution is -0.161. The van der Waals surface area contributed by atoms with Crippen molar-refractivity contribution in [1.29, 1.82) is 0 Å². The number of hydrogen-bond acceptors (Lipinski definition) is 9. The van der Waals surface area contributed by atoms with E-state index in [4.69, 9.17) is 24.3 Å². The third kappa shape index (κ3) is 45.4. The first-order valence-corrected chi connectivity index (χ1v) is 26.0. The third-order valence-corrected chi connectivity index (χ3v) is 11.2. The van der Waals surface area contributed by atoms with Crippen LogP contribution in [-0.4, -0.2) is 60.5 Å². The summed E-state index contributed by atoms with van der Waals surface area (Å²) in [5.41, 5.74) is 5.35. The van der Waals surface area contributed by atoms with Gasteiger partial charge in [0.1, 0.15) is 6.61 Å². The number of ether oxygens (including phenoxy) is 2. The van der Waals surface area contributed by atoms with Crippen molar-refractivity contribution in [2.24, 2.45) is 5.73 Å². The molecule has 0 aromatic carbocycles. The van der Waals surface area contributed by atoms with Crippen LogP contribution >= 0.6 is 7.82 Å². The molecule has 0 bridgehead atoms. The standard InChI is InChI=1S/C51H90NO9P/c1-3-5-7-8-9-10-11-12-13-14-15-16-17-18-19-22-26-29-32-35-39-43-51(55)61-49(47-60-62(56,57)59-45-44-52)46-58-50(54)42-38-34-31-28-25-23-20-21-24-27-30-33-37-41-48(53)40-36-6-4-2/h6,21,23-25,30-31,33-34,36-37,41,48-49,53H,3-5,7-20,22,26-29,32,35,38-40,42-47,52H2,1-2H3,(H,56,57)/b24-21-,25-23-,33-30+,34-31-,36-6-,41-37+/t48?,49-/m1/s1. The summed E-state index contributed by atoms with van der Waals surface area (Å²) >= 11 is 0. The molecule has 0 rings (SSSR count). The van der Waals surface area contributed by atoms with Crippen molar-refractivity contribution in [2.45, 2.75) is 212 Å². The van der Waals surface area contributed by atoms with E-state index in [1.54, 1.807) is 6.08 Å². The molecule has 0 saturated heterocycles. The predicted octanol–water partition coefficient (Wildman–Crippen LogP) is 13.6. The summed E-state index contributed by atoms with van der Waals surface area (Å²) in [6, 6.07) is 0. The molecule has 0 saturated carbocycles. The first-order valence-electron chi connectivity index (χ1n) is 24.5. The monoisotopic (exact) mass is 892 g/mol. The maximum Gasteiger partial charge on any atom is 0.472 e. The molecular formula is C51H90NO9P. The van der Waals surface area contributed by atoms with Gasteiger partial charge in [-0.2, -0.15) is 0 Å². The first-order chi connectivity index (χ1) is 30.2. The zero-order valence-electron chi connectivity index (χ0n) is 39.2. The van der Waals surface area contributed by atoms with Gasteiger partial charge in [0, 0.05) is 19.4 Å². The number of unbranched alkanes of at least 4 members (excludes halogenated alkanes) is 20. The summed E-state index contributed by atoms with van der Waals surface area (Å²) in [6.45, 7) is 3.45. The normalized spacial score (nSPS) is 14.3. The average Bonchev–Trinajstić information content (AvgIpc) is 3.25. The molecule has 358 valence electrons. The van der Waals surface area contributed by atoms with Gasteiger partial charge in [0.15, 0.2) is 6.10 Å². The molecule has 2 unspecified atom stereocenters. The van der Waals surface area contributed by atoms with Crippen LogP contribution in [0.3, 0.4) is 0 Å². The predicted molar refractivity (Wildman–Crippen MR) is 258 cm³/mol. The highest BCUT2D eigenvalue weighted by molar-refractivity contribution is 7.47. The minimum atomic E-state index is -4.41. The van der Waals surface area contributed by atoms with Gasteiger partial charge in [0.25, 0.3) is 0 Å². The van der Waals surface area contributed by atoms with Gasteiger partial charge in [-0.3, -0.25) is 18.6 Å². The van der Waals surface area contributed by atoms with Crippen molar-refractivity contribution in [3.05, 3.63) is 72.9 Å². The van der Waals surface area contributed by atoms with E-state index in [1.165, 1.54) is 109 Å². The number of carbonyl (C=O) groups excluding carboxylic acids is 2. The number of phosphoric ester groups is 1. The van der Waals surface area contributed by atoms with Crippen LogP contribution in [0.25, 0.3) is 0 Å². The average molecular weight is 892 g/mol. The minimum absolute atomic E-state index is 0.0358. The lowest BCUT2D eigenvalue weighted by Crippen LogP contribution is -2.29. The third-order valence-electron chi connectivity index (χ3n) is 10.2. The Kier molecular flexibility index (Phi) is 44.5. The van der Waals surface area contributed by atoms with E-state index in [0.717, 1.165) is 44.9 Å². The van der Waals surface area contributed by atoms with Gasteiger partial charge >= 0.3 is 19.8 Å². The Balaban J connectivity index is 4.20. The summed E-state index contributed by atoms with van der Waals surface area (Å²) in [5, 5.41) is 9.84. The van der Waals surface area contributed by atoms with Gasteiger partial charge < -0.3 is 25.2 Å². The Labute approximate surface area is 378 Å². The zero-order chi connectivity index (χ0) is 45.5. The number of aliphatic hydroxyl groups is 1. The number of allylic oxidation sites excluding steroid dienone is 10. The number of hydrogen-bond donors (Lipinski definition) is 3. The molecule has 0 radical (unpaired) electrons. The number of esters is 2. The van der Waals surface area contributed by atoms with Crippen molar-refractivity contribution in [2.75, 3.05) is 26.4 Å². The summed E-state index contributed by atoms with van der Waals surface area (Å²) < 4.78 is 32.8. The van der Waals surface area contributed by atoms with Crippen LogP contribution in [-0.2, 0) is 32.7 Å². The summed E-state index contributed by atoms with van der Waals surface area (Å²) in [7, 11) is -4.41. The van der Waals surface area contributed by atoms with Crippen molar-refractivity contribution in [3.8, 4) is 0 Å². The summed E-state index contributed by atoms with van der Waals surface area (Å²) in [6.07, 6.45) is 54.3. The number of phosphoric acid groups is 1. The Bertz CT molecular complexity index is 1260. The van der Waals surface area contributed by atoms with Crippen molar-refractivity contribution >= 4 is 19.8 Å². The van der Waals surface area contributed by atoms with E-state index in [2.05, 4.69) is 38.2 Å². The van der Waals surface area contributed by atoms with Crippen molar-refractivity contribution in [1.82, 2.24) is 0 Å². The van der Waals surface area contributed by atoms with Crippen LogP contribution in [0, 0.1) is 0 Å². The highest BCUT2D eigenvalue weighted by Gasteiger charge is 2.26. The molecule has 3 atom stereocenters. The van der Waals surface area contributed by atoms with Gasteiger partial charge in [0.05, 0.1) is 19.3 Å². The van der Waals surface area contributed by atoms with Crippen LogP contribution in [0.2, 0.25) is 0 Å². The van der Waals surface area contributed by atoms with Crippen LogP contribution < -0.4 is 5.73 Å². The van der Waals surface area contributed by atoms with Gasteiger partial charge in [-0.15, -0.1) is 0 Å². The van der Waals surface area contributed by atoms with Gasteiger partial charge in [-0.1, -0.05) is 215 Å². The second-order valence-corrected chi connectivity index (χ2v) is 17.6.